The van der Waals surface area contributed by atoms with Gasteiger partial charge in [0, 0.05) is 31.0 Å². The second-order valence-electron chi connectivity index (χ2n) is 7.79. The summed E-state index contributed by atoms with van der Waals surface area (Å²) in [4.78, 5) is 25.6. The van der Waals surface area contributed by atoms with Crippen LogP contribution in [0.3, 0.4) is 0 Å². The first-order chi connectivity index (χ1) is 16.6. The molecule has 35 heavy (non-hydrogen) atoms. The molecule has 3 rings (SSSR count). The SMILES string of the molecule is CCN(C)/N=C(\C)NC(=O)c1ccc(C)c(NC(=O)c2ccc(=S)n(-c3c(F)cccc3F)c2)c1. The highest BCUT2D eigenvalue weighted by Crippen LogP contribution is 2.21. The van der Waals surface area contributed by atoms with E-state index in [1.165, 1.54) is 24.4 Å². The van der Waals surface area contributed by atoms with Gasteiger partial charge in [-0.15, -0.1) is 0 Å². The summed E-state index contributed by atoms with van der Waals surface area (Å²) >= 11 is 5.20. The Kier molecular flexibility index (Phi) is 8.08. The molecule has 3 aromatic rings. The lowest BCUT2D eigenvalue weighted by Gasteiger charge is -2.14. The molecule has 0 unspecified atom stereocenters. The minimum atomic E-state index is -0.808. The molecule has 0 aliphatic heterocycles. The van der Waals surface area contributed by atoms with Crippen molar-refractivity contribution in [2.24, 2.45) is 5.10 Å². The highest BCUT2D eigenvalue weighted by atomic mass is 32.1. The summed E-state index contributed by atoms with van der Waals surface area (Å²) in [5, 5.41) is 11.4. The van der Waals surface area contributed by atoms with Gasteiger partial charge in [-0.3, -0.25) is 14.6 Å². The maximum atomic E-state index is 14.3. The van der Waals surface area contributed by atoms with Crippen LogP contribution in [0.25, 0.3) is 5.69 Å². The fourth-order valence-electron chi connectivity index (χ4n) is 3.20. The molecule has 0 saturated heterocycles. The highest BCUT2D eigenvalue weighted by molar-refractivity contribution is 7.71. The number of carbonyl (C=O) groups is 2. The van der Waals surface area contributed by atoms with Crippen LogP contribution in [-0.4, -0.2) is 40.8 Å². The van der Waals surface area contributed by atoms with Gasteiger partial charge < -0.3 is 15.2 Å². The minimum absolute atomic E-state index is 0.126. The van der Waals surface area contributed by atoms with Gasteiger partial charge in [0.2, 0.25) is 0 Å². The van der Waals surface area contributed by atoms with Gasteiger partial charge in [-0.25, -0.2) is 8.78 Å². The number of carbonyl (C=O) groups excluding carboxylic acids is 2. The van der Waals surface area contributed by atoms with Crippen molar-refractivity contribution < 1.29 is 18.4 Å². The maximum Gasteiger partial charge on any atom is 0.257 e. The number of hydrazone groups is 1. The third-order valence-electron chi connectivity index (χ3n) is 5.17. The van der Waals surface area contributed by atoms with Crippen molar-refractivity contribution in [1.82, 2.24) is 14.9 Å². The number of aryl methyl sites for hydroxylation is 1. The normalized spacial score (nSPS) is 11.2. The molecule has 1 heterocycles. The summed E-state index contributed by atoms with van der Waals surface area (Å²) in [6.45, 7) is 6.08. The van der Waals surface area contributed by atoms with E-state index >= 15 is 0 Å². The topological polar surface area (TPSA) is 78.7 Å². The number of rotatable bonds is 6. The van der Waals surface area contributed by atoms with Crippen LogP contribution < -0.4 is 10.6 Å². The fourth-order valence-corrected chi connectivity index (χ4v) is 3.41. The Hall–Kier alpha value is -3.92. The molecule has 2 aromatic carbocycles. The number of nitrogens with zero attached hydrogens (tertiary/aromatic N) is 3. The van der Waals surface area contributed by atoms with Crippen molar-refractivity contribution in [2.75, 3.05) is 18.9 Å². The molecule has 7 nitrogen and oxygen atoms in total. The number of amides is 2. The van der Waals surface area contributed by atoms with Crippen LogP contribution >= 0.6 is 12.2 Å². The van der Waals surface area contributed by atoms with Gasteiger partial charge in [0.1, 0.15) is 27.8 Å². The molecule has 1 aromatic heterocycles. The average Bonchev–Trinajstić information content (AvgIpc) is 2.81. The summed E-state index contributed by atoms with van der Waals surface area (Å²) < 4.78 is 29.8. The van der Waals surface area contributed by atoms with Crippen LogP contribution in [0.2, 0.25) is 0 Å². The number of amidine groups is 1. The van der Waals surface area contributed by atoms with E-state index in [2.05, 4.69) is 15.7 Å². The minimum Gasteiger partial charge on any atom is -0.322 e. The van der Waals surface area contributed by atoms with Gasteiger partial charge in [0.05, 0.1) is 5.56 Å². The third kappa shape index (κ3) is 6.15. The molecule has 0 aliphatic rings. The first-order valence-corrected chi connectivity index (χ1v) is 11.2. The van der Waals surface area contributed by atoms with Gasteiger partial charge in [0.25, 0.3) is 11.8 Å². The molecule has 0 spiro atoms. The number of halogens is 2. The predicted octanol–water partition coefficient (Wildman–Crippen LogP) is 5.06. The molecule has 2 N–H and O–H groups in total. The quantitative estimate of drug-likeness (QED) is 0.216. The van der Waals surface area contributed by atoms with Crippen molar-refractivity contribution in [2.45, 2.75) is 20.8 Å². The Balaban J connectivity index is 1.86. The zero-order valence-corrected chi connectivity index (χ0v) is 20.5. The van der Waals surface area contributed by atoms with E-state index in [1.807, 2.05) is 6.92 Å². The maximum absolute atomic E-state index is 14.3. The van der Waals surface area contributed by atoms with Crippen LogP contribution in [0.5, 0.6) is 0 Å². The lowest BCUT2D eigenvalue weighted by Crippen LogP contribution is -2.30. The van der Waals surface area contributed by atoms with Gasteiger partial charge in [-0.05, 0) is 62.7 Å². The smallest absolute Gasteiger partial charge is 0.257 e. The molecule has 0 bridgehead atoms. The van der Waals surface area contributed by atoms with Crippen LogP contribution in [0.4, 0.5) is 14.5 Å². The molecule has 0 saturated carbocycles. The van der Waals surface area contributed by atoms with Crippen molar-refractivity contribution in [3.63, 3.8) is 0 Å². The number of hydrogen-bond acceptors (Lipinski definition) is 5. The first kappa shape index (κ1) is 25.7. The van der Waals surface area contributed by atoms with Gasteiger partial charge >= 0.3 is 0 Å². The first-order valence-electron chi connectivity index (χ1n) is 10.8. The Morgan fingerprint density at radius 2 is 1.71 bits per heavy atom. The lowest BCUT2D eigenvalue weighted by atomic mass is 10.1. The number of nitrogens with one attached hydrogen (secondary N) is 2. The molecule has 10 heteroatoms. The second-order valence-corrected chi connectivity index (χ2v) is 8.21. The molecule has 182 valence electrons. The Bertz CT molecular complexity index is 1350. The number of benzene rings is 2. The zero-order chi connectivity index (χ0) is 25.7. The predicted molar refractivity (Wildman–Crippen MR) is 135 cm³/mol. The van der Waals surface area contributed by atoms with E-state index in [0.717, 1.165) is 22.3 Å². The average molecular weight is 498 g/mol. The van der Waals surface area contributed by atoms with E-state index in [-0.39, 0.29) is 21.8 Å². The van der Waals surface area contributed by atoms with E-state index in [4.69, 9.17) is 12.2 Å². The second kappa shape index (κ2) is 11.0. The van der Waals surface area contributed by atoms with Crippen LogP contribution in [0.1, 0.15) is 40.1 Å². The standard InChI is InChI=1S/C25H25F2N5O2S/c1-5-31(4)30-16(3)28-24(33)17-10-9-15(2)21(13-17)29-25(34)18-11-12-22(35)32(14-18)23-19(26)7-6-8-20(23)27/h6-14H,5H2,1-4H3,(H,29,34)(H,28,30,33). The largest absolute Gasteiger partial charge is 0.322 e. The molecular formula is C25H25F2N5O2S. The zero-order valence-electron chi connectivity index (χ0n) is 19.7. The Morgan fingerprint density at radius 3 is 2.37 bits per heavy atom. The van der Waals surface area contributed by atoms with Gasteiger partial charge in [-0.1, -0.05) is 24.4 Å². The molecule has 0 fully saturated rings. The number of aromatic nitrogens is 1. The molecule has 0 aliphatic carbocycles. The molecule has 2 amide bonds. The van der Waals surface area contributed by atoms with E-state index < -0.39 is 17.5 Å². The monoisotopic (exact) mass is 497 g/mol. The van der Waals surface area contributed by atoms with Gasteiger partial charge in [-0.2, -0.15) is 5.10 Å². The third-order valence-corrected chi connectivity index (χ3v) is 5.51. The van der Waals surface area contributed by atoms with Crippen LogP contribution in [0.15, 0.2) is 59.8 Å². The summed E-state index contributed by atoms with van der Waals surface area (Å²) in [7, 11) is 1.79. The Labute approximate surface area is 207 Å². The van der Waals surface area contributed by atoms with E-state index in [9.17, 15) is 18.4 Å². The number of anilines is 1. The highest BCUT2D eigenvalue weighted by Gasteiger charge is 2.16. The summed E-state index contributed by atoms with van der Waals surface area (Å²) in [6, 6.07) is 11.2. The lowest BCUT2D eigenvalue weighted by molar-refractivity contribution is 0.0974. The van der Waals surface area contributed by atoms with E-state index in [0.29, 0.717) is 23.6 Å². The van der Waals surface area contributed by atoms with Crippen LogP contribution in [0, 0.1) is 23.2 Å². The van der Waals surface area contributed by atoms with Crippen molar-refractivity contribution in [3.05, 3.63) is 87.7 Å². The summed E-state index contributed by atoms with van der Waals surface area (Å²) in [6.07, 6.45) is 1.27. The van der Waals surface area contributed by atoms with Gasteiger partial charge in [0.15, 0.2) is 0 Å². The summed E-state index contributed by atoms with van der Waals surface area (Å²) in [5.74, 6) is -2.10. The van der Waals surface area contributed by atoms with Crippen molar-refractivity contribution in [1.29, 1.82) is 0 Å². The number of pyridine rings is 1. The number of para-hydroxylation sites is 1. The van der Waals surface area contributed by atoms with E-state index in [1.54, 1.807) is 44.1 Å². The van der Waals surface area contributed by atoms with Crippen molar-refractivity contribution >= 4 is 35.6 Å². The number of hydrogen-bond donors (Lipinski definition) is 2. The molecule has 0 atom stereocenters. The van der Waals surface area contributed by atoms with Crippen LogP contribution in [-0.2, 0) is 0 Å². The molecular weight excluding hydrogens is 472 g/mol. The van der Waals surface area contributed by atoms with Crippen molar-refractivity contribution in [3.8, 4) is 5.69 Å². The summed E-state index contributed by atoms with van der Waals surface area (Å²) in [5.41, 5.74) is 1.21. The molecule has 0 radical (unpaired) electrons. The Morgan fingerprint density at radius 1 is 1.06 bits per heavy atom. The fraction of sp³-hybridized carbons (Fsp3) is 0.200.